The second-order valence-electron chi connectivity index (χ2n) is 5.77. The van der Waals surface area contributed by atoms with Gasteiger partial charge >= 0.3 is 6.18 Å². The zero-order valence-corrected chi connectivity index (χ0v) is 18.2. The maximum Gasteiger partial charge on any atom is 0.422 e. The number of hydrogen-bond donors (Lipinski definition) is 2. The first-order chi connectivity index (χ1) is 13.5. The molecule has 0 saturated heterocycles. The molecule has 0 amide bonds. The van der Waals surface area contributed by atoms with Crippen molar-refractivity contribution in [1.29, 1.82) is 0 Å². The van der Waals surface area contributed by atoms with E-state index in [1.54, 1.807) is 13.1 Å². The summed E-state index contributed by atoms with van der Waals surface area (Å²) < 4.78 is 46.9. The van der Waals surface area contributed by atoms with Crippen molar-refractivity contribution in [1.82, 2.24) is 15.6 Å². The highest BCUT2D eigenvalue weighted by molar-refractivity contribution is 14.0. The zero-order chi connectivity index (χ0) is 20.2. The summed E-state index contributed by atoms with van der Waals surface area (Å²) in [5.74, 6) is 1.33. The van der Waals surface area contributed by atoms with E-state index in [9.17, 15) is 13.2 Å². The van der Waals surface area contributed by atoms with Gasteiger partial charge in [-0.2, -0.15) is 13.2 Å². The fourth-order valence-electron chi connectivity index (χ4n) is 2.19. The molecule has 2 N–H and O–H groups in total. The minimum absolute atomic E-state index is 0. The standard InChI is InChI=1S/C19H23F3N4O2.HI/c1-23-18(25-9-5-11-27-16-6-3-2-4-7-16)26-13-15-8-10-24-17(12-15)28-14-19(20,21)22;/h2-4,6-8,10,12H,5,9,11,13-14H2,1H3,(H2,23,25,26);1H. The van der Waals surface area contributed by atoms with E-state index in [2.05, 4.69) is 25.3 Å². The van der Waals surface area contributed by atoms with Crippen LogP contribution in [0.4, 0.5) is 13.2 Å². The second kappa shape index (κ2) is 13.1. The summed E-state index contributed by atoms with van der Waals surface area (Å²) in [6.07, 6.45) is -2.22. The maximum atomic E-state index is 12.2. The number of rotatable bonds is 9. The molecule has 160 valence electrons. The Hall–Kier alpha value is -2.24. The van der Waals surface area contributed by atoms with E-state index in [-0.39, 0.29) is 29.9 Å². The van der Waals surface area contributed by atoms with E-state index >= 15 is 0 Å². The molecule has 0 saturated carbocycles. The molecule has 0 aliphatic carbocycles. The average molecular weight is 524 g/mol. The number of aliphatic imine (C=N–C) groups is 1. The van der Waals surface area contributed by atoms with Gasteiger partial charge < -0.3 is 20.1 Å². The summed E-state index contributed by atoms with van der Waals surface area (Å²) in [6, 6.07) is 12.7. The lowest BCUT2D eigenvalue weighted by Crippen LogP contribution is -2.37. The van der Waals surface area contributed by atoms with Gasteiger partial charge in [0.15, 0.2) is 12.6 Å². The molecule has 0 atom stereocenters. The summed E-state index contributed by atoms with van der Waals surface area (Å²) >= 11 is 0. The lowest BCUT2D eigenvalue weighted by atomic mass is 10.2. The van der Waals surface area contributed by atoms with Crippen LogP contribution in [0.2, 0.25) is 0 Å². The Kier molecular flexibility index (Phi) is 11.2. The SMILES string of the molecule is CN=C(NCCCOc1ccccc1)NCc1ccnc(OCC(F)(F)F)c1.I. The Morgan fingerprint density at radius 2 is 1.86 bits per heavy atom. The van der Waals surface area contributed by atoms with Crippen LogP contribution in [0.25, 0.3) is 0 Å². The number of aromatic nitrogens is 1. The molecule has 0 unspecified atom stereocenters. The Balaban J connectivity index is 0.00000420. The van der Waals surface area contributed by atoms with Crippen molar-refractivity contribution >= 4 is 29.9 Å². The van der Waals surface area contributed by atoms with Crippen LogP contribution < -0.4 is 20.1 Å². The molecule has 0 bridgehead atoms. The summed E-state index contributed by atoms with van der Waals surface area (Å²) in [4.78, 5) is 7.88. The highest BCUT2D eigenvalue weighted by atomic mass is 127. The normalized spacial score (nSPS) is 11.4. The summed E-state index contributed by atoms with van der Waals surface area (Å²) in [5.41, 5.74) is 0.725. The van der Waals surface area contributed by atoms with E-state index in [4.69, 9.17) is 4.74 Å². The molecule has 10 heteroatoms. The molecular formula is C19H24F3IN4O2. The lowest BCUT2D eigenvalue weighted by Gasteiger charge is -2.13. The first kappa shape index (κ1) is 24.8. The molecule has 6 nitrogen and oxygen atoms in total. The van der Waals surface area contributed by atoms with Gasteiger partial charge in [0.25, 0.3) is 0 Å². The van der Waals surface area contributed by atoms with Crippen LogP contribution in [0.3, 0.4) is 0 Å². The summed E-state index contributed by atoms with van der Waals surface area (Å²) in [5, 5.41) is 6.24. The highest BCUT2D eigenvalue weighted by Gasteiger charge is 2.28. The third-order valence-electron chi connectivity index (χ3n) is 3.49. The van der Waals surface area contributed by atoms with Gasteiger partial charge in [0.1, 0.15) is 5.75 Å². The van der Waals surface area contributed by atoms with Crippen molar-refractivity contribution in [3.63, 3.8) is 0 Å². The van der Waals surface area contributed by atoms with E-state index in [1.807, 2.05) is 30.3 Å². The van der Waals surface area contributed by atoms with Crippen LogP contribution in [0.1, 0.15) is 12.0 Å². The molecule has 1 aromatic carbocycles. The third-order valence-corrected chi connectivity index (χ3v) is 3.49. The smallest absolute Gasteiger partial charge is 0.422 e. The number of nitrogens with zero attached hydrogens (tertiary/aromatic N) is 2. The molecule has 0 radical (unpaired) electrons. The molecule has 2 aromatic rings. The van der Waals surface area contributed by atoms with Crippen LogP contribution in [-0.4, -0.2) is 43.9 Å². The maximum absolute atomic E-state index is 12.2. The fraction of sp³-hybridized carbons (Fsp3) is 0.368. The van der Waals surface area contributed by atoms with Gasteiger partial charge in [-0.25, -0.2) is 4.98 Å². The quantitative estimate of drug-likeness (QED) is 0.226. The summed E-state index contributed by atoms with van der Waals surface area (Å²) in [7, 11) is 1.64. The van der Waals surface area contributed by atoms with Crippen molar-refractivity contribution in [3.05, 3.63) is 54.2 Å². The number of para-hydroxylation sites is 1. The average Bonchev–Trinajstić information content (AvgIpc) is 2.69. The predicted molar refractivity (Wildman–Crippen MR) is 116 cm³/mol. The molecule has 1 aromatic heterocycles. The molecule has 0 spiro atoms. The molecular weight excluding hydrogens is 500 g/mol. The lowest BCUT2D eigenvalue weighted by molar-refractivity contribution is -0.154. The number of halogens is 4. The molecule has 2 rings (SSSR count). The van der Waals surface area contributed by atoms with Crippen molar-refractivity contribution in [2.75, 3.05) is 26.8 Å². The molecule has 0 aliphatic heterocycles. The summed E-state index contributed by atoms with van der Waals surface area (Å²) in [6.45, 7) is 0.220. The fourth-order valence-corrected chi connectivity index (χ4v) is 2.19. The number of benzene rings is 1. The van der Waals surface area contributed by atoms with E-state index in [0.717, 1.165) is 17.7 Å². The van der Waals surface area contributed by atoms with Crippen LogP contribution >= 0.6 is 24.0 Å². The first-order valence-corrected chi connectivity index (χ1v) is 8.73. The predicted octanol–water partition coefficient (Wildman–Crippen LogP) is 3.77. The Labute approximate surface area is 184 Å². The Morgan fingerprint density at radius 1 is 1.10 bits per heavy atom. The van der Waals surface area contributed by atoms with Gasteiger partial charge in [0.2, 0.25) is 5.88 Å². The third kappa shape index (κ3) is 10.8. The van der Waals surface area contributed by atoms with Crippen LogP contribution in [-0.2, 0) is 6.54 Å². The Bertz CT molecular complexity index is 746. The van der Waals surface area contributed by atoms with Gasteiger partial charge in [-0.15, -0.1) is 24.0 Å². The van der Waals surface area contributed by atoms with Gasteiger partial charge in [0.05, 0.1) is 6.61 Å². The molecule has 29 heavy (non-hydrogen) atoms. The number of guanidine groups is 1. The minimum Gasteiger partial charge on any atom is -0.494 e. The zero-order valence-electron chi connectivity index (χ0n) is 15.9. The van der Waals surface area contributed by atoms with Crippen LogP contribution in [0, 0.1) is 0 Å². The number of ether oxygens (including phenoxy) is 2. The number of pyridine rings is 1. The first-order valence-electron chi connectivity index (χ1n) is 8.73. The number of alkyl halides is 3. The monoisotopic (exact) mass is 524 g/mol. The van der Waals surface area contributed by atoms with Crippen molar-refractivity contribution in [3.8, 4) is 11.6 Å². The van der Waals surface area contributed by atoms with Crippen molar-refractivity contribution in [2.24, 2.45) is 4.99 Å². The van der Waals surface area contributed by atoms with Gasteiger partial charge in [-0.3, -0.25) is 4.99 Å². The van der Waals surface area contributed by atoms with Crippen LogP contribution in [0.15, 0.2) is 53.7 Å². The van der Waals surface area contributed by atoms with Gasteiger partial charge in [-0.05, 0) is 30.2 Å². The Morgan fingerprint density at radius 3 is 2.55 bits per heavy atom. The van der Waals surface area contributed by atoms with E-state index < -0.39 is 12.8 Å². The highest BCUT2D eigenvalue weighted by Crippen LogP contribution is 2.17. The van der Waals surface area contributed by atoms with E-state index in [0.29, 0.717) is 25.7 Å². The van der Waals surface area contributed by atoms with Crippen LogP contribution in [0.5, 0.6) is 11.6 Å². The topological polar surface area (TPSA) is 67.8 Å². The minimum atomic E-state index is -4.40. The van der Waals surface area contributed by atoms with Crippen molar-refractivity contribution in [2.45, 2.75) is 19.1 Å². The van der Waals surface area contributed by atoms with Crippen molar-refractivity contribution < 1.29 is 22.6 Å². The van der Waals surface area contributed by atoms with E-state index in [1.165, 1.54) is 12.3 Å². The molecule has 0 aliphatic rings. The number of hydrogen-bond acceptors (Lipinski definition) is 4. The second-order valence-corrected chi connectivity index (χ2v) is 5.77. The largest absolute Gasteiger partial charge is 0.494 e. The number of nitrogens with one attached hydrogen (secondary N) is 2. The molecule has 1 heterocycles. The van der Waals surface area contributed by atoms with Gasteiger partial charge in [-0.1, -0.05) is 18.2 Å². The molecule has 0 fully saturated rings. The van der Waals surface area contributed by atoms with Gasteiger partial charge in [0, 0.05) is 32.4 Å².